The quantitative estimate of drug-likeness (QED) is 0.202. The van der Waals surface area contributed by atoms with Gasteiger partial charge in [0.15, 0.2) is 5.96 Å². The number of amides is 1. The zero-order valence-electron chi connectivity index (χ0n) is 15.9. The van der Waals surface area contributed by atoms with Crippen molar-refractivity contribution in [3.8, 4) is 0 Å². The van der Waals surface area contributed by atoms with Gasteiger partial charge < -0.3 is 25.4 Å². The molecule has 1 saturated heterocycles. The van der Waals surface area contributed by atoms with Crippen LogP contribution in [0.25, 0.3) is 0 Å². The van der Waals surface area contributed by atoms with Gasteiger partial charge in [-0.1, -0.05) is 19.3 Å². The first kappa shape index (κ1) is 23.4. The van der Waals surface area contributed by atoms with Crippen molar-refractivity contribution in [1.29, 1.82) is 0 Å². The van der Waals surface area contributed by atoms with E-state index in [-0.39, 0.29) is 36.0 Å². The predicted octanol–water partition coefficient (Wildman–Crippen LogP) is 1.80. The first-order chi connectivity index (χ1) is 12.3. The van der Waals surface area contributed by atoms with Crippen LogP contribution in [0.15, 0.2) is 4.99 Å². The number of nitrogens with one attached hydrogen (secondary N) is 3. The molecule has 1 heterocycles. The number of carbonyl (C=O) groups excluding carboxylic acids is 1. The summed E-state index contributed by atoms with van der Waals surface area (Å²) in [4.78, 5) is 16.1. The molecular formula is C18H35IN4O3. The number of halogens is 1. The molecule has 0 aromatic rings. The summed E-state index contributed by atoms with van der Waals surface area (Å²) in [6.45, 7) is 3.64. The Bertz CT molecular complexity index is 411. The van der Waals surface area contributed by atoms with Crippen LogP contribution in [0.1, 0.15) is 51.4 Å². The Hall–Kier alpha value is -0.610. The molecule has 0 aromatic heterocycles. The third-order valence-corrected chi connectivity index (χ3v) is 4.69. The number of rotatable bonds is 9. The summed E-state index contributed by atoms with van der Waals surface area (Å²) in [5, 5.41) is 9.56. The van der Waals surface area contributed by atoms with Crippen LogP contribution in [0.3, 0.4) is 0 Å². The highest BCUT2D eigenvalue weighted by Crippen LogP contribution is 2.17. The number of carbonyl (C=O) groups is 1. The molecule has 1 atom stereocenters. The van der Waals surface area contributed by atoms with Crippen molar-refractivity contribution in [2.24, 2.45) is 4.99 Å². The lowest BCUT2D eigenvalue weighted by Gasteiger charge is -2.22. The number of hydrogen-bond donors (Lipinski definition) is 3. The summed E-state index contributed by atoms with van der Waals surface area (Å²) in [5.74, 6) is 0.858. The van der Waals surface area contributed by atoms with Gasteiger partial charge in [-0.15, -0.1) is 24.0 Å². The zero-order chi connectivity index (χ0) is 17.7. The van der Waals surface area contributed by atoms with Crippen LogP contribution in [0.5, 0.6) is 0 Å². The first-order valence-corrected chi connectivity index (χ1v) is 9.71. The molecule has 0 aromatic carbocycles. The first-order valence-electron chi connectivity index (χ1n) is 9.71. The molecule has 1 aliphatic carbocycles. The standard InChI is InChI=1S/C18H34N4O3.HI/c1-19-18(20-10-5-12-25-16-9-13-24-14-16)21-11-8-17(23)22-15-6-3-2-4-7-15;/h15-16H,2-14H2,1H3,(H,22,23)(H2,19,20,21);1H. The van der Waals surface area contributed by atoms with E-state index in [1.165, 1.54) is 19.3 Å². The molecule has 2 rings (SSSR count). The van der Waals surface area contributed by atoms with Gasteiger partial charge in [-0.05, 0) is 25.7 Å². The van der Waals surface area contributed by atoms with Gasteiger partial charge in [0.1, 0.15) is 0 Å². The highest BCUT2D eigenvalue weighted by atomic mass is 127. The van der Waals surface area contributed by atoms with E-state index in [0.717, 1.165) is 58.0 Å². The molecule has 7 nitrogen and oxygen atoms in total. The minimum atomic E-state index is 0. The summed E-state index contributed by atoms with van der Waals surface area (Å²) in [7, 11) is 1.74. The maximum absolute atomic E-state index is 12.0. The zero-order valence-corrected chi connectivity index (χ0v) is 18.3. The minimum Gasteiger partial charge on any atom is -0.379 e. The summed E-state index contributed by atoms with van der Waals surface area (Å²) >= 11 is 0. The average Bonchev–Trinajstić information content (AvgIpc) is 3.14. The Balaban J connectivity index is 0.00000338. The fourth-order valence-corrected chi connectivity index (χ4v) is 3.24. The van der Waals surface area contributed by atoms with E-state index in [4.69, 9.17) is 9.47 Å². The Kier molecular flexibility index (Phi) is 13.0. The average molecular weight is 482 g/mol. The summed E-state index contributed by atoms with van der Waals surface area (Å²) in [6, 6.07) is 0.379. The van der Waals surface area contributed by atoms with E-state index in [1.54, 1.807) is 7.05 Å². The van der Waals surface area contributed by atoms with Gasteiger partial charge >= 0.3 is 0 Å². The molecule has 2 fully saturated rings. The molecule has 0 radical (unpaired) electrons. The van der Waals surface area contributed by atoms with Crippen molar-refractivity contribution >= 4 is 35.8 Å². The Morgan fingerprint density at radius 1 is 1.15 bits per heavy atom. The summed E-state index contributed by atoms with van der Waals surface area (Å²) in [5.41, 5.74) is 0. The van der Waals surface area contributed by atoms with E-state index in [2.05, 4.69) is 20.9 Å². The maximum Gasteiger partial charge on any atom is 0.221 e. The molecule has 2 aliphatic rings. The second-order valence-corrected chi connectivity index (χ2v) is 6.79. The molecule has 152 valence electrons. The van der Waals surface area contributed by atoms with Gasteiger partial charge in [-0.25, -0.2) is 0 Å². The van der Waals surface area contributed by atoms with Crippen molar-refractivity contribution in [3.63, 3.8) is 0 Å². The van der Waals surface area contributed by atoms with Crippen molar-refractivity contribution in [2.75, 3.05) is 40.0 Å². The number of nitrogens with zero attached hydrogens (tertiary/aromatic N) is 1. The van der Waals surface area contributed by atoms with Crippen LogP contribution >= 0.6 is 24.0 Å². The Labute approximate surface area is 174 Å². The fourth-order valence-electron chi connectivity index (χ4n) is 3.24. The highest BCUT2D eigenvalue weighted by molar-refractivity contribution is 14.0. The van der Waals surface area contributed by atoms with E-state index in [9.17, 15) is 4.79 Å². The largest absolute Gasteiger partial charge is 0.379 e. The molecule has 26 heavy (non-hydrogen) atoms. The van der Waals surface area contributed by atoms with E-state index in [0.29, 0.717) is 19.0 Å². The minimum absolute atomic E-state index is 0. The Morgan fingerprint density at radius 3 is 2.62 bits per heavy atom. The van der Waals surface area contributed by atoms with Crippen LogP contribution in [-0.2, 0) is 14.3 Å². The normalized spacial score (nSPS) is 21.1. The van der Waals surface area contributed by atoms with Gasteiger partial charge in [0.2, 0.25) is 5.91 Å². The van der Waals surface area contributed by atoms with Gasteiger partial charge in [0.05, 0.1) is 12.7 Å². The topological polar surface area (TPSA) is 84.0 Å². The van der Waals surface area contributed by atoms with Gasteiger partial charge in [-0.3, -0.25) is 9.79 Å². The molecule has 0 spiro atoms. The van der Waals surface area contributed by atoms with Crippen LogP contribution in [0.4, 0.5) is 0 Å². The van der Waals surface area contributed by atoms with E-state index < -0.39 is 0 Å². The van der Waals surface area contributed by atoms with Crippen LogP contribution in [-0.4, -0.2) is 64.0 Å². The predicted molar refractivity (Wildman–Crippen MR) is 114 cm³/mol. The highest BCUT2D eigenvalue weighted by Gasteiger charge is 2.16. The van der Waals surface area contributed by atoms with E-state index in [1.807, 2.05) is 0 Å². The fraction of sp³-hybridized carbons (Fsp3) is 0.889. The second-order valence-electron chi connectivity index (χ2n) is 6.79. The maximum atomic E-state index is 12.0. The second kappa shape index (κ2) is 14.4. The van der Waals surface area contributed by atoms with E-state index >= 15 is 0 Å². The van der Waals surface area contributed by atoms with Gasteiger partial charge in [0.25, 0.3) is 0 Å². The van der Waals surface area contributed by atoms with Crippen molar-refractivity contribution < 1.29 is 14.3 Å². The molecule has 1 unspecified atom stereocenters. The van der Waals surface area contributed by atoms with Crippen molar-refractivity contribution in [2.45, 2.75) is 63.5 Å². The van der Waals surface area contributed by atoms with Gasteiger partial charge in [0, 0.05) is 45.8 Å². The molecule has 1 saturated carbocycles. The number of aliphatic imine (C=N–C) groups is 1. The lowest BCUT2D eigenvalue weighted by atomic mass is 9.95. The lowest BCUT2D eigenvalue weighted by molar-refractivity contribution is -0.121. The number of guanidine groups is 1. The molecular weight excluding hydrogens is 447 g/mol. The van der Waals surface area contributed by atoms with Crippen molar-refractivity contribution in [3.05, 3.63) is 0 Å². The third-order valence-electron chi connectivity index (χ3n) is 4.69. The van der Waals surface area contributed by atoms with Crippen molar-refractivity contribution in [1.82, 2.24) is 16.0 Å². The van der Waals surface area contributed by atoms with Crippen LogP contribution in [0, 0.1) is 0 Å². The van der Waals surface area contributed by atoms with Gasteiger partial charge in [-0.2, -0.15) is 0 Å². The smallest absolute Gasteiger partial charge is 0.221 e. The number of hydrogen-bond acceptors (Lipinski definition) is 4. The SMILES string of the molecule is CN=C(NCCCOC1CCOC1)NCCC(=O)NC1CCCCC1.I. The molecule has 1 amide bonds. The lowest BCUT2D eigenvalue weighted by Crippen LogP contribution is -2.41. The van der Waals surface area contributed by atoms with Crippen LogP contribution < -0.4 is 16.0 Å². The molecule has 8 heteroatoms. The molecule has 0 bridgehead atoms. The summed E-state index contributed by atoms with van der Waals surface area (Å²) < 4.78 is 11.0. The summed E-state index contributed by atoms with van der Waals surface area (Å²) in [6.07, 6.45) is 8.67. The molecule has 1 aliphatic heterocycles. The third kappa shape index (κ3) is 9.91. The number of ether oxygens (including phenoxy) is 2. The van der Waals surface area contributed by atoms with Crippen LogP contribution in [0.2, 0.25) is 0 Å². The molecule has 3 N–H and O–H groups in total. The monoisotopic (exact) mass is 482 g/mol. The Morgan fingerprint density at radius 2 is 1.92 bits per heavy atom.